The maximum absolute atomic E-state index is 14.0. The van der Waals surface area contributed by atoms with Crippen LogP contribution < -0.4 is 5.32 Å². The third-order valence-corrected chi connectivity index (χ3v) is 8.98. The van der Waals surface area contributed by atoms with Crippen LogP contribution in [0.2, 0.25) is 5.02 Å². The van der Waals surface area contributed by atoms with E-state index in [-0.39, 0.29) is 36.2 Å². The number of hydrogen-bond acceptors (Lipinski definition) is 6. The number of carbonyl (C=O) groups excluding carboxylic acids is 2. The average Bonchev–Trinajstić information content (AvgIpc) is 2.87. The Morgan fingerprint density at radius 1 is 1.18 bits per heavy atom. The maximum Gasteiger partial charge on any atom is 0.338 e. The van der Waals surface area contributed by atoms with E-state index < -0.39 is 33.9 Å². The van der Waals surface area contributed by atoms with Gasteiger partial charge >= 0.3 is 12.0 Å². The number of hydrogen-bond donors (Lipinski definition) is 1. The number of esters is 1. The third-order valence-electron chi connectivity index (χ3n) is 6.70. The Balaban J connectivity index is 1.62. The number of sulfonamides is 1. The van der Waals surface area contributed by atoms with Crippen LogP contribution in [0.25, 0.3) is 0 Å². The van der Waals surface area contributed by atoms with Gasteiger partial charge in [-0.15, -0.1) is 0 Å². The molecule has 0 aromatic heterocycles. The zero-order valence-corrected chi connectivity index (χ0v) is 22.9. The van der Waals surface area contributed by atoms with Gasteiger partial charge < -0.3 is 10.1 Å². The molecule has 4 rings (SSSR count). The molecule has 2 aliphatic heterocycles. The number of amides is 2. The van der Waals surface area contributed by atoms with E-state index in [2.05, 4.69) is 5.32 Å². The molecule has 0 bridgehead atoms. The van der Waals surface area contributed by atoms with Gasteiger partial charge in [-0.3, -0.25) is 9.80 Å². The number of ether oxygens (including phenoxy) is 1. The molecule has 2 atom stereocenters. The van der Waals surface area contributed by atoms with E-state index in [0.29, 0.717) is 29.4 Å². The van der Waals surface area contributed by atoms with E-state index in [1.54, 1.807) is 20.0 Å². The van der Waals surface area contributed by atoms with Gasteiger partial charge in [0.2, 0.25) is 10.0 Å². The Morgan fingerprint density at radius 2 is 1.89 bits per heavy atom. The Bertz CT molecular complexity index is 1350. The van der Waals surface area contributed by atoms with Crippen LogP contribution in [-0.2, 0) is 19.6 Å². The molecule has 0 spiro atoms. The number of urea groups is 1. The summed E-state index contributed by atoms with van der Waals surface area (Å²) in [5, 5.41) is 3.22. The zero-order chi connectivity index (χ0) is 27.6. The summed E-state index contributed by atoms with van der Waals surface area (Å²) in [4.78, 5) is 29.5. The zero-order valence-electron chi connectivity index (χ0n) is 21.4. The largest absolute Gasteiger partial charge is 0.463 e. The fourth-order valence-electron chi connectivity index (χ4n) is 4.81. The molecule has 2 aromatic carbocycles. The predicted molar refractivity (Wildman–Crippen MR) is 140 cm³/mol. The molecule has 0 aliphatic carbocycles. The standard InChI is InChI=1S/C26H30ClFN4O5S/c1-4-37-25(33)23-22(30(3)26(34)29-24(23)18-6-5-7-20(28)14-18)16-31-12-13-32(17(2)15-31)38(35,36)21-10-8-19(27)9-11-21/h5-11,14,17,24H,4,12-13,15-16H2,1-3H3,(H,29,34)/t17-,24+/m1/s1. The molecular formula is C26H30ClFN4O5S. The van der Waals surface area contributed by atoms with Crippen LogP contribution >= 0.6 is 11.6 Å². The SMILES string of the molecule is CCOC(=O)C1=C(CN2CCN(S(=O)(=O)c3ccc(Cl)cc3)[C@H](C)C2)N(C)C(=O)N[C@H]1c1cccc(F)c1. The summed E-state index contributed by atoms with van der Waals surface area (Å²) in [5.74, 6) is -1.10. The van der Waals surface area contributed by atoms with E-state index in [9.17, 15) is 22.4 Å². The van der Waals surface area contributed by atoms with E-state index in [1.807, 2.05) is 11.8 Å². The minimum absolute atomic E-state index is 0.126. The molecule has 2 amide bonds. The minimum atomic E-state index is -3.73. The van der Waals surface area contributed by atoms with Gasteiger partial charge in [0.1, 0.15) is 5.82 Å². The van der Waals surface area contributed by atoms with Gasteiger partial charge in [-0.1, -0.05) is 23.7 Å². The molecule has 2 aromatic rings. The summed E-state index contributed by atoms with van der Waals surface area (Å²) >= 11 is 5.92. The van der Waals surface area contributed by atoms with Crippen LogP contribution in [0.5, 0.6) is 0 Å². The topological polar surface area (TPSA) is 99.3 Å². The predicted octanol–water partition coefficient (Wildman–Crippen LogP) is 3.39. The van der Waals surface area contributed by atoms with Crippen molar-refractivity contribution in [2.75, 3.05) is 39.8 Å². The van der Waals surface area contributed by atoms with Crippen LogP contribution in [0.15, 0.2) is 64.7 Å². The highest BCUT2D eigenvalue weighted by Crippen LogP contribution is 2.32. The summed E-state index contributed by atoms with van der Waals surface area (Å²) in [7, 11) is -2.18. The second kappa shape index (κ2) is 11.4. The van der Waals surface area contributed by atoms with Crippen LogP contribution in [-0.4, -0.2) is 80.4 Å². The first-order valence-electron chi connectivity index (χ1n) is 12.2. The molecule has 0 unspecified atom stereocenters. The van der Waals surface area contributed by atoms with Gasteiger partial charge in [0.15, 0.2) is 0 Å². The van der Waals surface area contributed by atoms with Gasteiger partial charge in [0.05, 0.1) is 23.1 Å². The monoisotopic (exact) mass is 564 g/mol. The Labute approximate surface area is 226 Å². The second-order valence-electron chi connectivity index (χ2n) is 9.23. The van der Waals surface area contributed by atoms with Gasteiger partial charge in [-0.25, -0.2) is 22.4 Å². The molecule has 2 heterocycles. The van der Waals surface area contributed by atoms with Gasteiger partial charge in [-0.2, -0.15) is 4.31 Å². The number of nitrogens with one attached hydrogen (secondary N) is 1. The van der Waals surface area contributed by atoms with E-state index >= 15 is 0 Å². The van der Waals surface area contributed by atoms with Crippen molar-refractivity contribution in [1.82, 2.24) is 19.4 Å². The van der Waals surface area contributed by atoms with Crippen molar-refractivity contribution in [2.45, 2.75) is 30.8 Å². The normalized spacial score (nSPS) is 21.4. The minimum Gasteiger partial charge on any atom is -0.463 e. The highest BCUT2D eigenvalue weighted by atomic mass is 35.5. The number of nitrogens with zero attached hydrogens (tertiary/aromatic N) is 3. The molecule has 0 radical (unpaired) electrons. The number of benzene rings is 2. The average molecular weight is 565 g/mol. The quantitative estimate of drug-likeness (QED) is 0.518. The molecule has 1 saturated heterocycles. The van der Waals surface area contributed by atoms with Gasteiger partial charge in [-0.05, 0) is 55.8 Å². The Hall–Kier alpha value is -2.99. The molecule has 9 nitrogen and oxygen atoms in total. The molecule has 0 saturated carbocycles. The Kier molecular flexibility index (Phi) is 8.41. The van der Waals surface area contributed by atoms with E-state index in [1.165, 1.54) is 51.7 Å². The fraction of sp³-hybridized carbons (Fsp3) is 0.385. The van der Waals surface area contributed by atoms with E-state index in [0.717, 1.165) is 0 Å². The highest BCUT2D eigenvalue weighted by molar-refractivity contribution is 7.89. The van der Waals surface area contributed by atoms with Crippen molar-refractivity contribution < 1.29 is 27.1 Å². The van der Waals surface area contributed by atoms with Crippen LogP contribution in [0, 0.1) is 5.82 Å². The van der Waals surface area contributed by atoms with Crippen LogP contribution in [0.4, 0.5) is 9.18 Å². The number of likely N-dealkylation sites (N-methyl/N-ethyl adjacent to an activating group) is 1. The smallest absolute Gasteiger partial charge is 0.338 e. The third kappa shape index (κ3) is 5.70. The van der Waals surface area contributed by atoms with Crippen molar-refractivity contribution >= 4 is 33.6 Å². The summed E-state index contributed by atoms with van der Waals surface area (Å²) in [6.45, 7) is 4.78. The summed E-state index contributed by atoms with van der Waals surface area (Å²) < 4.78 is 47.3. The first-order chi connectivity index (χ1) is 18.0. The van der Waals surface area contributed by atoms with Gasteiger partial charge in [0, 0.05) is 50.0 Å². The Morgan fingerprint density at radius 3 is 2.53 bits per heavy atom. The number of piperazine rings is 1. The summed E-state index contributed by atoms with van der Waals surface area (Å²) in [6, 6.07) is 10.0. The summed E-state index contributed by atoms with van der Waals surface area (Å²) in [6.07, 6.45) is 0. The van der Waals surface area contributed by atoms with Crippen molar-refractivity contribution in [3.63, 3.8) is 0 Å². The lowest BCUT2D eigenvalue weighted by molar-refractivity contribution is -0.139. The first kappa shape index (κ1) is 28.0. The van der Waals surface area contributed by atoms with Crippen molar-refractivity contribution in [3.8, 4) is 0 Å². The van der Waals surface area contributed by atoms with Crippen molar-refractivity contribution in [2.24, 2.45) is 0 Å². The number of rotatable bonds is 7. The molecule has 38 heavy (non-hydrogen) atoms. The lowest BCUT2D eigenvalue weighted by Crippen LogP contribution is -2.56. The van der Waals surface area contributed by atoms with Gasteiger partial charge in [0.25, 0.3) is 0 Å². The summed E-state index contributed by atoms with van der Waals surface area (Å²) in [5.41, 5.74) is 1.05. The highest BCUT2D eigenvalue weighted by Gasteiger charge is 2.39. The maximum atomic E-state index is 14.0. The second-order valence-corrected chi connectivity index (χ2v) is 11.6. The molecule has 1 N–H and O–H groups in total. The first-order valence-corrected chi connectivity index (χ1v) is 14.0. The fourth-order valence-corrected chi connectivity index (χ4v) is 6.54. The lowest BCUT2D eigenvalue weighted by Gasteiger charge is -2.41. The van der Waals surface area contributed by atoms with E-state index in [4.69, 9.17) is 16.3 Å². The molecule has 204 valence electrons. The molecule has 2 aliphatic rings. The molecule has 1 fully saturated rings. The van der Waals surface area contributed by atoms with Crippen molar-refractivity contribution in [3.05, 3.63) is 76.2 Å². The van der Waals surface area contributed by atoms with Crippen LogP contribution in [0.3, 0.4) is 0 Å². The molecular weight excluding hydrogens is 535 g/mol. The number of halogens is 2. The van der Waals surface area contributed by atoms with Crippen molar-refractivity contribution in [1.29, 1.82) is 0 Å². The number of carbonyl (C=O) groups is 2. The molecule has 12 heteroatoms. The lowest BCUT2D eigenvalue weighted by atomic mass is 9.94. The van der Waals surface area contributed by atoms with Crippen LogP contribution in [0.1, 0.15) is 25.5 Å².